The molecule has 0 radical (unpaired) electrons. The van der Waals surface area contributed by atoms with Crippen LogP contribution in [-0.2, 0) is 0 Å². The van der Waals surface area contributed by atoms with E-state index in [1.165, 1.54) is 0 Å². The lowest BCUT2D eigenvalue weighted by Crippen LogP contribution is -2.10. The highest BCUT2D eigenvalue weighted by molar-refractivity contribution is 6.31. The van der Waals surface area contributed by atoms with Crippen LogP contribution in [0.25, 0.3) is 0 Å². The molecule has 0 aliphatic heterocycles. The van der Waals surface area contributed by atoms with E-state index in [2.05, 4.69) is 34.4 Å². The largest absolute Gasteiger partial charge is 0.370 e. The van der Waals surface area contributed by atoms with Crippen LogP contribution in [0.3, 0.4) is 0 Å². The first-order valence-electron chi connectivity index (χ1n) is 6.64. The van der Waals surface area contributed by atoms with Crippen molar-refractivity contribution in [2.45, 2.75) is 20.8 Å². The van der Waals surface area contributed by atoms with E-state index in [0.717, 1.165) is 28.6 Å². The highest BCUT2D eigenvalue weighted by Crippen LogP contribution is 2.22. The van der Waals surface area contributed by atoms with Gasteiger partial charge in [0, 0.05) is 23.5 Å². The average molecular weight is 291 g/mol. The molecule has 0 atom stereocenters. The Bertz CT molecular complexity index is 584. The first kappa shape index (κ1) is 14.6. The molecule has 0 saturated heterocycles. The predicted molar refractivity (Wildman–Crippen MR) is 84.8 cm³/mol. The maximum absolute atomic E-state index is 6.10. The monoisotopic (exact) mass is 290 g/mol. The topological polar surface area (TPSA) is 49.8 Å². The molecular weight excluding hydrogens is 272 g/mol. The third-order valence-electron chi connectivity index (χ3n) is 2.77. The summed E-state index contributed by atoms with van der Waals surface area (Å²) in [6, 6.07) is 7.65. The first-order valence-corrected chi connectivity index (χ1v) is 7.02. The second-order valence-corrected chi connectivity index (χ2v) is 5.54. The van der Waals surface area contributed by atoms with Crippen molar-refractivity contribution in [3.63, 3.8) is 0 Å². The van der Waals surface area contributed by atoms with Crippen LogP contribution in [-0.4, -0.2) is 16.5 Å². The molecule has 0 spiro atoms. The molecule has 1 heterocycles. The highest BCUT2D eigenvalue weighted by atomic mass is 35.5. The summed E-state index contributed by atoms with van der Waals surface area (Å²) in [4.78, 5) is 8.62. The number of nitrogens with one attached hydrogen (secondary N) is 2. The van der Waals surface area contributed by atoms with Crippen molar-refractivity contribution in [2.24, 2.45) is 5.92 Å². The van der Waals surface area contributed by atoms with Crippen LogP contribution in [0.2, 0.25) is 5.02 Å². The minimum Gasteiger partial charge on any atom is -0.370 e. The normalized spacial score (nSPS) is 10.7. The second kappa shape index (κ2) is 6.57. The summed E-state index contributed by atoms with van der Waals surface area (Å²) in [7, 11) is 0. The Hall–Kier alpha value is -1.81. The molecule has 4 nitrogen and oxygen atoms in total. The number of benzene rings is 1. The van der Waals surface area contributed by atoms with Crippen LogP contribution >= 0.6 is 11.6 Å². The van der Waals surface area contributed by atoms with Gasteiger partial charge in [0.15, 0.2) is 0 Å². The molecule has 2 aromatic rings. The Morgan fingerprint density at radius 2 is 2.05 bits per heavy atom. The average Bonchev–Trinajstić information content (AvgIpc) is 2.41. The molecule has 0 aliphatic carbocycles. The number of rotatable bonds is 5. The summed E-state index contributed by atoms with van der Waals surface area (Å²) in [5.74, 6) is 1.94. The summed E-state index contributed by atoms with van der Waals surface area (Å²) in [6.45, 7) is 7.16. The van der Waals surface area contributed by atoms with Gasteiger partial charge in [-0.25, -0.2) is 4.98 Å². The molecule has 0 saturated carbocycles. The van der Waals surface area contributed by atoms with Crippen LogP contribution in [0, 0.1) is 12.8 Å². The van der Waals surface area contributed by atoms with E-state index in [1.807, 2.05) is 31.2 Å². The fraction of sp³-hybridized carbons (Fsp3) is 0.333. The van der Waals surface area contributed by atoms with Crippen LogP contribution in [0.5, 0.6) is 0 Å². The van der Waals surface area contributed by atoms with Crippen molar-refractivity contribution in [3.05, 3.63) is 41.0 Å². The molecule has 5 heteroatoms. The third kappa shape index (κ3) is 4.10. The van der Waals surface area contributed by atoms with E-state index in [1.54, 1.807) is 6.20 Å². The van der Waals surface area contributed by atoms with Gasteiger partial charge in [0.25, 0.3) is 0 Å². The van der Waals surface area contributed by atoms with E-state index >= 15 is 0 Å². The Morgan fingerprint density at radius 1 is 1.25 bits per heavy atom. The summed E-state index contributed by atoms with van der Waals surface area (Å²) in [5, 5.41) is 7.15. The molecule has 0 unspecified atom stereocenters. The molecule has 2 N–H and O–H groups in total. The van der Waals surface area contributed by atoms with Gasteiger partial charge in [-0.2, -0.15) is 4.98 Å². The van der Waals surface area contributed by atoms with E-state index < -0.39 is 0 Å². The molecule has 1 aromatic heterocycles. The standard InChI is InChI=1S/C15H19ClN4/c1-10(2)9-18-14-6-7-17-15(20-14)19-12-5-4-11(3)13(16)8-12/h4-8,10H,9H2,1-3H3,(H2,17,18,19,20). The predicted octanol–water partition coefficient (Wildman–Crippen LogP) is 4.25. The molecule has 1 aromatic carbocycles. The van der Waals surface area contributed by atoms with E-state index in [0.29, 0.717) is 11.9 Å². The quantitative estimate of drug-likeness (QED) is 0.864. The third-order valence-corrected chi connectivity index (χ3v) is 3.18. The number of hydrogen-bond donors (Lipinski definition) is 2. The van der Waals surface area contributed by atoms with E-state index in [4.69, 9.17) is 11.6 Å². The van der Waals surface area contributed by atoms with Gasteiger partial charge in [-0.3, -0.25) is 0 Å². The van der Waals surface area contributed by atoms with Gasteiger partial charge >= 0.3 is 0 Å². The molecule has 106 valence electrons. The molecule has 0 amide bonds. The van der Waals surface area contributed by atoms with Crippen LogP contribution < -0.4 is 10.6 Å². The van der Waals surface area contributed by atoms with E-state index in [9.17, 15) is 0 Å². The van der Waals surface area contributed by atoms with Gasteiger partial charge in [0.05, 0.1) is 0 Å². The van der Waals surface area contributed by atoms with Crippen molar-refractivity contribution in [3.8, 4) is 0 Å². The van der Waals surface area contributed by atoms with Gasteiger partial charge in [-0.15, -0.1) is 0 Å². The second-order valence-electron chi connectivity index (χ2n) is 5.13. The van der Waals surface area contributed by atoms with E-state index in [-0.39, 0.29) is 0 Å². The molecule has 0 aliphatic rings. The smallest absolute Gasteiger partial charge is 0.229 e. The molecule has 20 heavy (non-hydrogen) atoms. The highest BCUT2D eigenvalue weighted by Gasteiger charge is 2.02. The van der Waals surface area contributed by atoms with Crippen LogP contribution in [0.15, 0.2) is 30.5 Å². The molecule has 0 bridgehead atoms. The van der Waals surface area contributed by atoms with Gasteiger partial charge in [0.2, 0.25) is 5.95 Å². The number of aryl methyl sites for hydroxylation is 1. The summed E-state index contributed by atoms with van der Waals surface area (Å²) >= 11 is 6.10. The van der Waals surface area contributed by atoms with Crippen molar-refractivity contribution >= 4 is 29.1 Å². The van der Waals surface area contributed by atoms with Crippen molar-refractivity contribution < 1.29 is 0 Å². The van der Waals surface area contributed by atoms with Crippen LogP contribution in [0.4, 0.5) is 17.5 Å². The van der Waals surface area contributed by atoms with Crippen molar-refractivity contribution in [1.29, 1.82) is 0 Å². The number of nitrogens with zero attached hydrogens (tertiary/aromatic N) is 2. The lowest BCUT2D eigenvalue weighted by Gasteiger charge is -2.10. The number of halogens is 1. The van der Waals surface area contributed by atoms with Crippen molar-refractivity contribution in [1.82, 2.24) is 9.97 Å². The zero-order valence-corrected chi connectivity index (χ0v) is 12.7. The summed E-state index contributed by atoms with van der Waals surface area (Å²) < 4.78 is 0. The Kier molecular flexibility index (Phi) is 4.79. The molecular formula is C15H19ClN4. The number of hydrogen-bond acceptors (Lipinski definition) is 4. The molecule has 0 fully saturated rings. The molecule has 2 rings (SSSR count). The van der Waals surface area contributed by atoms with Gasteiger partial charge < -0.3 is 10.6 Å². The Balaban J connectivity index is 2.08. The maximum atomic E-state index is 6.10. The minimum atomic E-state index is 0.554. The maximum Gasteiger partial charge on any atom is 0.229 e. The summed E-state index contributed by atoms with van der Waals surface area (Å²) in [5.41, 5.74) is 1.92. The fourth-order valence-corrected chi connectivity index (χ4v) is 1.81. The van der Waals surface area contributed by atoms with Gasteiger partial charge in [-0.05, 0) is 36.6 Å². The van der Waals surface area contributed by atoms with Crippen LogP contribution in [0.1, 0.15) is 19.4 Å². The minimum absolute atomic E-state index is 0.554. The van der Waals surface area contributed by atoms with Gasteiger partial charge in [-0.1, -0.05) is 31.5 Å². The summed E-state index contributed by atoms with van der Waals surface area (Å²) in [6.07, 6.45) is 1.73. The zero-order chi connectivity index (χ0) is 14.5. The SMILES string of the molecule is Cc1ccc(Nc2nccc(NCC(C)C)n2)cc1Cl. The number of aromatic nitrogens is 2. The van der Waals surface area contributed by atoms with Crippen molar-refractivity contribution in [2.75, 3.05) is 17.2 Å². The lowest BCUT2D eigenvalue weighted by molar-refractivity contribution is 0.687. The fourth-order valence-electron chi connectivity index (χ4n) is 1.63. The number of anilines is 3. The Labute approximate surface area is 124 Å². The lowest BCUT2D eigenvalue weighted by atomic mass is 10.2. The Morgan fingerprint density at radius 3 is 2.75 bits per heavy atom. The van der Waals surface area contributed by atoms with Gasteiger partial charge in [0.1, 0.15) is 5.82 Å². The first-order chi connectivity index (χ1) is 9.54. The zero-order valence-electron chi connectivity index (χ0n) is 11.9.